The molecule has 1 aliphatic heterocycles. The van der Waals surface area contributed by atoms with Crippen LogP contribution in [0.5, 0.6) is 5.75 Å². The second kappa shape index (κ2) is 6.92. The largest absolute Gasteiger partial charge is 0.480 e. The van der Waals surface area contributed by atoms with Crippen LogP contribution >= 0.6 is 11.8 Å². The van der Waals surface area contributed by atoms with Crippen LogP contribution in [0.2, 0.25) is 0 Å². The van der Waals surface area contributed by atoms with Crippen molar-refractivity contribution in [3.05, 3.63) is 35.5 Å². The number of carbonyl (C=O) groups excluding carboxylic acids is 1. The Kier molecular flexibility index (Phi) is 4.82. The third kappa shape index (κ3) is 3.48. The first-order valence-corrected chi connectivity index (χ1v) is 8.57. The Balaban J connectivity index is 1.75. The van der Waals surface area contributed by atoms with Crippen LogP contribution in [-0.4, -0.2) is 27.3 Å². The van der Waals surface area contributed by atoms with Gasteiger partial charge in [-0.1, -0.05) is 23.9 Å². The van der Waals surface area contributed by atoms with Crippen molar-refractivity contribution in [2.24, 2.45) is 0 Å². The third-order valence-electron chi connectivity index (χ3n) is 3.69. The van der Waals surface area contributed by atoms with Crippen molar-refractivity contribution in [2.45, 2.75) is 30.9 Å². The van der Waals surface area contributed by atoms with E-state index >= 15 is 0 Å². The maximum Gasteiger partial charge on any atom is 0.419 e. The van der Waals surface area contributed by atoms with Crippen LogP contribution in [0.4, 0.5) is 19.0 Å². The summed E-state index contributed by atoms with van der Waals surface area (Å²) in [5.74, 6) is -0.260. The molecule has 2 heterocycles. The van der Waals surface area contributed by atoms with Crippen LogP contribution in [0.15, 0.2) is 29.4 Å². The van der Waals surface area contributed by atoms with Gasteiger partial charge in [0, 0.05) is 12.3 Å². The summed E-state index contributed by atoms with van der Waals surface area (Å²) in [4.78, 5) is 16.5. The molecule has 1 aromatic heterocycles. The lowest BCUT2D eigenvalue weighted by Gasteiger charge is -2.18. The third-order valence-corrected chi connectivity index (χ3v) is 4.65. The molecule has 26 heavy (non-hydrogen) atoms. The molecule has 0 spiro atoms. The molecular weight excluding hydrogens is 369 g/mol. The highest BCUT2D eigenvalue weighted by Crippen LogP contribution is 2.36. The molecule has 1 aromatic carbocycles. The number of alkyl halides is 3. The smallest absolute Gasteiger partial charge is 0.419 e. The number of fused-ring (bicyclic) bond motifs is 1. The van der Waals surface area contributed by atoms with E-state index in [1.165, 1.54) is 30.8 Å². The summed E-state index contributed by atoms with van der Waals surface area (Å²) >= 11 is 1.45. The number of hydrogen-bond acceptors (Lipinski definition) is 5. The SMILES string of the molecule is CC(Oc1ccccc1C(F)(F)F)C(=O)Nc1nc2n(c1C#N)CCS2. The number of aromatic nitrogens is 2. The van der Waals surface area contributed by atoms with E-state index in [9.17, 15) is 23.2 Å². The van der Waals surface area contributed by atoms with Gasteiger partial charge in [0.05, 0.1) is 5.56 Å². The number of nitriles is 1. The van der Waals surface area contributed by atoms with Gasteiger partial charge in [0.2, 0.25) is 0 Å². The molecule has 1 unspecified atom stereocenters. The molecule has 6 nitrogen and oxygen atoms in total. The van der Waals surface area contributed by atoms with Crippen LogP contribution < -0.4 is 10.1 Å². The molecule has 3 rings (SSSR count). The number of nitrogens with zero attached hydrogens (tertiary/aromatic N) is 3. The number of imidazole rings is 1. The zero-order chi connectivity index (χ0) is 18.9. The minimum Gasteiger partial charge on any atom is -0.480 e. The van der Waals surface area contributed by atoms with Crippen molar-refractivity contribution in [3.8, 4) is 11.8 Å². The summed E-state index contributed by atoms with van der Waals surface area (Å²) in [6, 6.07) is 6.64. The molecule has 0 fully saturated rings. The Hall–Kier alpha value is -2.67. The van der Waals surface area contributed by atoms with Gasteiger partial charge in [-0.2, -0.15) is 18.4 Å². The summed E-state index contributed by atoms with van der Waals surface area (Å²) < 4.78 is 45.9. The predicted octanol–water partition coefficient (Wildman–Crippen LogP) is 3.29. The number of nitrogens with one attached hydrogen (secondary N) is 1. The Morgan fingerprint density at radius 2 is 2.19 bits per heavy atom. The van der Waals surface area contributed by atoms with Crippen LogP contribution in [0.1, 0.15) is 18.2 Å². The number of benzene rings is 1. The first kappa shape index (κ1) is 18.1. The fourth-order valence-electron chi connectivity index (χ4n) is 2.44. The maximum absolute atomic E-state index is 13.0. The lowest BCUT2D eigenvalue weighted by atomic mass is 10.2. The summed E-state index contributed by atoms with van der Waals surface area (Å²) in [5, 5.41) is 12.3. The Labute approximate surface area is 151 Å². The normalized spacial score (nSPS) is 14.4. The molecule has 0 bridgehead atoms. The van der Waals surface area contributed by atoms with E-state index in [1.807, 2.05) is 6.07 Å². The topological polar surface area (TPSA) is 79.9 Å². The van der Waals surface area contributed by atoms with Crippen LogP contribution in [0, 0.1) is 11.3 Å². The monoisotopic (exact) mass is 382 g/mol. The molecular formula is C16H13F3N4O2S. The number of thioether (sulfide) groups is 1. The van der Waals surface area contributed by atoms with Gasteiger partial charge in [0.1, 0.15) is 11.8 Å². The van der Waals surface area contributed by atoms with Crippen LogP contribution in [0.3, 0.4) is 0 Å². The molecule has 0 saturated carbocycles. The number of hydrogen-bond donors (Lipinski definition) is 1. The van der Waals surface area contributed by atoms with Gasteiger partial charge in [-0.3, -0.25) is 4.79 Å². The van der Waals surface area contributed by atoms with Gasteiger partial charge < -0.3 is 14.6 Å². The van der Waals surface area contributed by atoms with Crippen molar-refractivity contribution in [3.63, 3.8) is 0 Å². The molecule has 1 atom stereocenters. The number of halogens is 3. The quantitative estimate of drug-likeness (QED) is 0.878. The number of carbonyl (C=O) groups is 1. The molecule has 2 aromatic rings. The number of para-hydroxylation sites is 1. The van der Waals surface area contributed by atoms with E-state index in [4.69, 9.17) is 4.74 Å². The van der Waals surface area contributed by atoms with Crippen LogP contribution in [-0.2, 0) is 17.5 Å². The standard InChI is InChI=1S/C16H13F3N4O2S/c1-9(25-12-5-3-2-4-10(12)16(17,18)19)14(24)21-13-11(8-20)23-6-7-26-15(23)22-13/h2-5,9H,6-7H2,1H3,(H,21,24). The average molecular weight is 382 g/mol. The van der Waals surface area contributed by atoms with Crippen molar-refractivity contribution in [2.75, 3.05) is 11.1 Å². The van der Waals surface area contributed by atoms with E-state index in [-0.39, 0.29) is 11.5 Å². The highest BCUT2D eigenvalue weighted by Gasteiger charge is 2.35. The highest BCUT2D eigenvalue weighted by molar-refractivity contribution is 7.99. The molecule has 0 saturated heterocycles. The van der Waals surface area contributed by atoms with Gasteiger partial charge in [0.25, 0.3) is 5.91 Å². The molecule has 1 N–H and O–H groups in total. The number of amides is 1. The Morgan fingerprint density at radius 1 is 1.46 bits per heavy atom. The van der Waals surface area contributed by atoms with E-state index in [0.29, 0.717) is 11.7 Å². The first-order valence-electron chi connectivity index (χ1n) is 7.58. The van der Waals surface area contributed by atoms with E-state index in [0.717, 1.165) is 17.9 Å². The van der Waals surface area contributed by atoms with Crippen molar-refractivity contribution >= 4 is 23.5 Å². The molecule has 1 aliphatic rings. The lowest BCUT2D eigenvalue weighted by molar-refractivity contribution is -0.140. The number of rotatable bonds is 4. The van der Waals surface area contributed by atoms with Crippen LogP contribution in [0.25, 0.3) is 0 Å². The molecule has 10 heteroatoms. The number of ether oxygens (including phenoxy) is 1. The van der Waals surface area contributed by atoms with Gasteiger partial charge in [-0.05, 0) is 19.1 Å². The molecule has 0 aliphatic carbocycles. The second-order valence-electron chi connectivity index (χ2n) is 5.45. The minimum atomic E-state index is -4.59. The molecule has 1 amide bonds. The van der Waals surface area contributed by atoms with Gasteiger partial charge in [0.15, 0.2) is 22.8 Å². The average Bonchev–Trinajstić information content (AvgIpc) is 3.14. The molecule has 0 radical (unpaired) electrons. The zero-order valence-electron chi connectivity index (χ0n) is 13.5. The second-order valence-corrected chi connectivity index (χ2v) is 6.51. The van der Waals surface area contributed by atoms with Crippen molar-refractivity contribution in [1.82, 2.24) is 9.55 Å². The van der Waals surface area contributed by atoms with Gasteiger partial charge in [-0.25, -0.2) is 4.98 Å². The van der Waals surface area contributed by atoms with Crippen molar-refractivity contribution in [1.29, 1.82) is 5.26 Å². The van der Waals surface area contributed by atoms with E-state index in [2.05, 4.69) is 10.3 Å². The van der Waals surface area contributed by atoms with Gasteiger partial charge in [-0.15, -0.1) is 0 Å². The Bertz CT molecular complexity index is 889. The summed E-state index contributed by atoms with van der Waals surface area (Å²) in [6.45, 7) is 1.93. The van der Waals surface area contributed by atoms with Gasteiger partial charge >= 0.3 is 6.18 Å². The summed E-state index contributed by atoms with van der Waals surface area (Å²) in [6.07, 6.45) is -5.81. The van der Waals surface area contributed by atoms with E-state index in [1.54, 1.807) is 4.57 Å². The predicted molar refractivity (Wildman–Crippen MR) is 87.8 cm³/mol. The fraction of sp³-hybridized carbons (Fsp3) is 0.312. The van der Waals surface area contributed by atoms with E-state index < -0.39 is 29.5 Å². The Morgan fingerprint density at radius 3 is 2.88 bits per heavy atom. The summed E-state index contributed by atoms with van der Waals surface area (Å²) in [7, 11) is 0. The molecule has 136 valence electrons. The fourth-order valence-corrected chi connectivity index (χ4v) is 3.40. The minimum absolute atomic E-state index is 0.0826. The first-order chi connectivity index (χ1) is 12.3. The number of anilines is 1. The maximum atomic E-state index is 13.0. The zero-order valence-corrected chi connectivity index (χ0v) is 14.3. The highest BCUT2D eigenvalue weighted by atomic mass is 32.2. The van der Waals surface area contributed by atoms with Crippen molar-refractivity contribution < 1.29 is 22.7 Å². The lowest BCUT2D eigenvalue weighted by Crippen LogP contribution is -2.31. The summed E-state index contributed by atoms with van der Waals surface area (Å²) in [5.41, 5.74) is -0.754.